The lowest BCUT2D eigenvalue weighted by Crippen LogP contribution is -2.21. The summed E-state index contributed by atoms with van der Waals surface area (Å²) in [5, 5.41) is 9.92. The van der Waals surface area contributed by atoms with Gasteiger partial charge in [-0.15, -0.1) is 0 Å². The molecule has 0 aliphatic carbocycles. The molecule has 0 atom stereocenters. The highest BCUT2D eigenvalue weighted by Crippen LogP contribution is 2.40. The number of aliphatic imine (C=N–C) groups is 1. The van der Waals surface area contributed by atoms with E-state index in [-0.39, 0.29) is 0 Å². The SMILES string of the molecule is C=Nc1cccc(OCCC(C)(C)O)c1-c1c(C)nc(COCC)n1C. The number of hydrogen-bond donors (Lipinski definition) is 1. The molecule has 0 bridgehead atoms. The lowest BCUT2D eigenvalue weighted by Gasteiger charge is -2.19. The van der Waals surface area contributed by atoms with Crippen molar-refractivity contribution >= 4 is 12.4 Å². The lowest BCUT2D eigenvalue weighted by molar-refractivity contribution is 0.0554. The third-order valence-electron chi connectivity index (χ3n) is 4.18. The maximum Gasteiger partial charge on any atom is 0.135 e. The minimum absolute atomic E-state index is 0.403. The number of hydrogen-bond acceptors (Lipinski definition) is 5. The Morgan fingerprint density at radius 3 is 2.69 bits per heavy atom. The molecular weight excluding hydrogens is 330 g/mol. The first-order valence-electron chi connectivity index (χ1n) is 8.83. The first kappa shape index (κ1) is 20.1. The van der Waals surface area contributed by atoms with E-state index in [0.717, 1.165) is 28.5 Å². The number of aromatic nitrogens is 2. The van der Waals surface area contributed by atoms with E-state index in [0.29, 0.717) is 32.0 Å². The van der Waals surface area contributed by atoms with Crippen LogP contribution < -0.4 is 4.74 Å². The largest absolute Gasteiger partial charge is 0.493 e. The van der Waals surface area contributed by atoms with Gasteiger partial charge in [0.2, 0.25) is 0 Å². The molecule has 1 aromatic heterocycles. The summed E-state index contributed by atoms with van der Waals surface area (Å²) in [5.41, 5.74) is 2.63. The molecule has 1 aromatic carbocycles. The van der Waals surface area contributed by atoms with Crippen molar-refractivity contribution in [2.45, 2.75) is 46.3 Å². The highest BCUT2D eigenvalue weighted by Gasteiger charge is 2.21. The number of ether oxygens (including phenoxy) is 2. The van der Waals surface area contributed by atoms with Crippen molar-refractivity contribution < 1.29 is 14.6 Å². The van der Waals surface area contributed by atoms with E-state index in [1.165, 1.54) is 0 Å². The molecule has 6 heteroatoms. The molecular formula is C20H29N3O3. The quantitative estimate of drug-likeness (QED) is 0.691. The predicted octanol–water partition coefficient (Wildman–Crippen LogP) is 3.80. The van der Waals surface area contributed by atoms with E-state index in [1.54, 1.807) is 13.8 Å². The maximum atomic E-state index is 9.92. The fraction of sp³-hybridized carbons (Fsp3) is 0.500. The van der Waals surface area contributed by atoms with Crippen LogP contribution in [0.1, 0.15) is 38.7 Å². The molecule has 1 heterocycles. The summed E-state index contributed by atoms with van der Waals surface area (Å²) < 4.78 is 13.5. The number of aryl methyl sites for hydroxylation is 1. The molecule has 0 fully saturated rings. The van der Waals surface area contributed by atoms with Crippen LogP contribution in [-0.2, 0) is 18.4 Å². The Balaban J connectivity index is 2.44. The monoisotopic (exact) mass is 359 g/mol. The van der Waals surface area contributed by atoms with Crippen LogP contribution >= 0.6 is 0 Å². The Morgan fingerprint density at radius 1 is 1.35 bits per heavy atom. The number of benzene rings is 1. The Labute approximate surface area is 155 Å². The van der Waals surface area contributed by atoms with Gasteiger partial charge in [0.15, 0.2) is 0 Å². The zero-order valence-corrected chi connectivity index (χ0v) is 16.4. The molecule has 2 rings (SSSR count). The second-order valence-electron chi connectivity index (χ2n) is 6.88. The van der Waals surface area contributed by atoms with Crippen molar-refractivity contribution in [3.8, 4) is 17.0 Å². The minimum atomic E-state index is -0.776. The molecule has 1 N–H and O–H groups in total. The van der Waals surface area contributed by atoms with Gasteiger partial charge in [-0.25, -0.2) is 4.98 Å². The van der Waals surface area contributed by atoms with Crippen molar-refractivity contribution in [2.24, 2.45) is 12.0 Å². The average Bonchev–Trinajstić information content (AvgIpc) is 2.85. The van der Waals surface area contributed by atoms with Crippen molar-refractivity contribution in [1.29, 1.82) is 0 Å². The number of nitrogens with zero attached hydrogens (tertiary/aromatic N) is 3. The van der Waals surface area contributed by atoms with Crippen molar-refractivity contribution in [2.75, 3.05) is 13.2 Å². The molecule has 0 spiro atoms. The fourth-order valence-electron chi connectivity index (χ4n) is 2.78. The van der Waals surface area contributed by atoms with E-state index < -0.39 is 5.60 Å². The molecule has 0 aliphatic rings. The van der Waals surface area contributed by atoms with E-state index >= 15 is 0 Å². The van der Waals surface area contributed by atoms with Gasteiger partial charge >= 0.3 is 0 Å². The molecule has 26 heavy (non-hydrogen) atoms. The van der Waals surface area contributed by atoms with Crippen LogP contribution in [0.15, 0.2) is 23.2 Å². The zero-order chi connectivity index (χ0) is 19.3. The first-order chi connectivity index (χ1) is 12.3. The van der Waals surface area contributed by atoms with Crippen LogP contribution in [-0.4, -0.2) is 40.2 Å². The molecule has 0 saturated carbocycles. The maximum absolute atomic E-state index is 9.92. The highest BCUT2D eigenvalue weighted by atomic mass is 16.5. The number of imidazole rings is 1. The second-order valence-corrected chi connectivity index (χ2v) is 6.88. The van der Waals surface area contributed by atoms with E-state index in [2.05, 4.69) is 16.7 Å². The van der Waals surface area contributed by atoms with Gasteiger partial charge in [-0.05, 0) is 46.5 Å². The van der Waals surface area contributed by atoms with E-state index in [9.17, 15) is 5.11 Å². The van der Waals surface area contributed by atoms with Gasteiger partial charge in [-0.2, -0.15) is 0 Å². The fourth-order valence-corrected chi connectivity index (χ4v) is 2.78. The molecule has 0 unspecified atom stereocenters. The first-order valence-corrected chi connectivity index (χ1v) is 8.83. The summed E-state index contributed by atoms with van der Waals surface area (Å²) in [6, 6.07) is 5.70. The standard InChI is InChI=1S/C20H29N3O3/c1-7-25-13-17-22-14(2)19(23(17)6)18-15(21-5)9-8-10-16(18)26-12-11-20(3,4)24/h8-10,24H,5,7,11-13H2,1-4,6H3. The number of aliphatic hydroxyl groups is 1. The summed E-state index contributed by atoms with van der Waals surface area (Å²) in [5.74, 6) is 1.55. The predicted molar refractivity (Wildman–Crippen MR) is 104 cm³/mol. The van der Waals surface area contributed by atoms with Gasteiger partial charge < -0.3 is 19.1 Å². The van der Waals surface area contributed by atoms with Crippen LogP contribution in [0.25, 0.3) is 11.3 Å². The van der Waals surface area contributed by atoms with Crippen molar-refractivity contribution in [3.63, 3.8) is 0 Å². The molecule has 142 valence electrons. The van der Waals surface area contributed by atoms with Crippen molar-refractivity contribution in [1.82, 2.24) is 9.55 Å². The van der Waals surface area contributed by atoms with Gasteiger partial charge in [-0.3, -0.25) is 4.99 Å². The van der Waals surface area contributed by atoms with Gasteiger partial charge in [0.05, 0.1) is 34.8 Å². The van der Waals surface area contributed by atoms with Crippen LogP contribution in [0.4, 0.5) is 5.69 Å². The third-order valence-corrected chi connectivity index (χ3v) is 4.18. The van der Waals surface area contributed by atoms with Gasteiger partial charge in [0.25, 0.3) is 0 Å². The lowest BCUT2D eigenvalue weighted by atomic mass is 10.1. The zero-order valence-electron chi connectivity index (χ0n) is 16.4. The molecule has 0 aliphatic heterocycles. The van der Waals surface area contributed by atoms with Crippen LogP contribution in [0.3, 0.4) is 0 Å². The Hall–Kier alpha value is -2.18. The van der Waals surface area contributed by atoms with Crippen LogP contribution in [0.2, 0.25) is 0 Å². The highest BCUT2D eigenvalue weighted by molar-refractivity contribution is 5.82. The summed E-state index contributed by atoms with van der Waals surface area (Å²) in [4.78, 5) is 8.81. The topological polar surface area (TPSA) is 68.9 Å². The normalized spacial score (nSPS) is 11.6. The Bertz CT molecular complexity index is 760. The Morgan fingerprint density at radius 2 is 2.08 bits per heavy atom. The minimum Gasteiger partial charge on any atom is -0.493 e. The van der Waals surface area contributed by atoms with E-state index in [4.69, 9.17) is 9.47 Å². The molecule has 2 aromatic rings. The van der Waals surface area contributed by atoms with Crippen LogP contribution in [0, 0.1) is 6.92 Å². The smallest absolute Gasteiger partial charge is 0.135 e. The Kier molecular flexibility index (Phi) is 6.56. The second kappa shape index (κ2) is 8.47. The molecule has 0 amide bonds. The molecule has 6 nitrogen and oxygen atoms in total. The summed E-state index contributed by atoms with van der Waals surface area (Å²) in [6.07, 6.45) is 0.526. The van der Waals surface area contributed by atoms with Gasteiger partial charge in [0, 0.05) is 20.1 Å². The van der Waals surface area contributed by atoms with Gasteiger partial charge in [0.1, 0.15) is 18.2 Å². The van der Waals surface area contributed by atoms with Gasteiger partial charge in [-0.1, -0.05) is 6.07 Å². The summed E-state index contributed by atoms with van der Waals surface area (Å²) in [6.45, 7) is 12.6. The summed E-state index contributed by atoms with van der Waals surface area (Å²) >= 11 is 0. The molecule has 0 saturated heterocycles. The summed E-state index contributed by atoms with van der Waals surface area (Å²) in [7, 11) is 1.96. The third kappa shape index (κ3) is 4.71. The van der Waals surface area contributed by atoms with Crippen LogP contribution in [0.5, 0.6) is 5.75 Å². The molecule has 0 radical (unpaired) electrons. The average molecular weight is 359 g/mol. The van der Waals surface area contributed by atoms with E-state index in [1.807, 2.05) is 43.7 Å². The number of rotatable bonds is 9. The van der Waals surface area contributed by atoms with Crippen molar-refractivity contribution in [3.05, 3.63) is 29.7 Å².